The van der Waals surface area contributed by atoms with Crippen molar-refractivity contribution in [1.82, 2.24) is 0 Å². The van der Waals surface area contributed by atoms with Gasteiger partial charge in [-0.05, 0) is 43.5 Å². The summed E-state index contributed by atoms with van der Waals surface area (Å²) in [6.07, 6.45) is 2.90. The average molecular weight is 308 g/mol. The molecule has 2 nitrogen and oxygen atoms in total. The first-order valence-corrected chi connectivity index (χ1v) is 9.08. The molecule has 1 aliphatic rings. The van der Waals surface area contributed by atoms with Gasteiger partial charge >= 0.3 is 0 Å². The number of hydrogen-bond donors (Lipinski definition) is 0. The number of thioether (sulfide) groups is 3. The summed E-state index contributed by atoms with van der Waals surface area (Å²) in [4.78, 5) is 0. The van der Waals surface area contributed by atoms with Crippen LogP contribution < -0.4 is 0 Å². The van der Waals surface area contributed by atoms with Gasteiger partial charge in [-0.15, -0.1) is 23.5 Å². The van der Waals surface area contributed by atoms with Gasteiger partial charge in [0.05, 0.1) is 17.3 Å². The summed E-state index contributed by atoms with van der Waals surface area (Å²) in [5.74, 6) is 2.50. The van der Waals surface area contributed by atoms with Crippen LogP contribution in [-0.2, 0) is 4.74 Å². The van der Waals surface area contributed by atoms with Crippen LogP contribution in [-0.4, -0.2) is 32.3 Å². The van der Waals surface area contributed by atoms with Gasteiger partial charge in [-0.25, -0.2) is 0 Å². The number of thiocarbonyl (C=S) groups is 1. The Morgan fingerprint density at radius 1 is 1.59 bits per heavy atom. The lowest BCUT2D eigenvalue weighted by Crippen LogP contribution is -2.16. The highest BCUT2D eigenvalue weighted by Gasteiger charge is 2.21. The molecule has 0 spiro atoms. The Bertz CT molecular complexity index is 273. The fraction of sp³-hybridized carbons (Fsp3) is 0.818. The van der Waals surface area contributed by atoms with E-state index in [1.165, 1.54) is 17.9 Å². The Hall–Kier alpha value is 0.430. The molecule has 6 heteroatoms. The van der Waals surface area contributed by atoms with E-state index >= 15 is 0 Å². The minimum absolute atomic E-state index is 0.280. The number of hydrogen-bond acceptors (Lipinski definition) is 6. The van der Waals surface area contributed by atoms with Crippen LogP contribution >= 0.6 is 47.5 Å². The lowest BCUT2D eigenvalue weighted by molar-refractivity contribution is 0.346. The molecule has 0 aromatic rings. The van der Waals surface area contributed by atoms with Crippen molar-refractivity contribution in [2.75, 3.05) is 18.1 Å². The van der Waals surface area contributed by atoms with Gasteiger partial charge in [0, 0.05) is 11.7 Å². The van der Waals surface area contributed by atoms with Gasteiger partial charge in [0.1, 0.15) is 0 Å². The van der Waals surface area contributed by atoms with Crippen LogP contribution in [0.4, 0.5) is 0 Å². The van der Waals surface area contributed by atoms with Crippen molar-refractivity contribution in [3.05, 3.63) is 0 Å². The van der Waals surface area contributed by atoms with Crippen LogP contribution in [0.1, 0.15) is 26.2 Å². The van der Waals surface area contributed by atoms with Gasteiger partial charge in [0.2, 0.25) is 4.38 Å². The lowest BCUT2D eigenvalue weighted by Gasteiger charge is -2.24. The largest absolute Gasteiger partial charge is 0.479 e. The van der Waals surface area contributed by atoms with Crippen LogP contribution in [0.25, 0.3) is 0 Å². The Morgan fingerprint density at radius 2 is 2.29 bits per heavy atom. The third-order valence-electron chi connectivity index (χ3n) is 2.20. The molecule has 1 rings (SSSR count). The second-order valence-electron chi connectivity index (χ2n) is 3.55. The third-order valence-corrected chi connectivity index (χ3v) is 6.60. The summed E-state index contributed by atoms with van der Waals surface area (Å²) >= 11 is 10.7. The predicted molar refractivity (Wildman–Crippen MR) is 83.8 cm³/mol. The van der Waals surface area contributed by atoms with E-state index in [9.17, 15) is 0 Å². The van der Waals surface area contributed by atoms with Crippen molar-refractivity contribution in [2.24, 2.45) is 0 Å². The molecule has 1 atom stereocenters. The Morgan fingerprint density at radius 3 is 2.88 bits per heavy atom. The van der Waals surface area contributed by atoms with Crippen molar-refractivity contribution in [2.45, 2.75) is 36.0 Å². The van der Waals surface area contributed by atoms with Crippen molar-refractivity contribution in [3.8, 4) is 6.07 Å². The zero-order valence-electron chi connectivity index (χ0n) is 9.89. The first-order valence-electron chi connectivity index (χ1n) is 5.69. The topological polar surface area (TPSA) is 33.0 Å². The monoisotopic (exact) mass is 307 g/mol. The Kier molecular flexibility index (Phi) is 8.54. The normalized spacial score (nSPS) is 18.4. The molecule has 1 fully saturated rings. The zero-order chi connectivity index (χ0) is 12.5. The molecule has 1 heterocycles. The first kappa shape index (κ1) is 15.5. The molecule has 1 unspecified atom stereocenters. The summed E-state index contributed by atoms with van der Waals surface area (Å²) in [7, 11) is 0. The Balaban J connectivity index is 2.36. The van der Waals surface area contributed by atoms with Crippen molar-refractivity contribution >= 4 is 51.9 Å². The summed E-state index contributed by atoms with van der Waals surface area (Å²) in [6.45, 7) is 2.54. The van der Waals surface area contributed by atoms with Gasteiger partial charge in [0.15, 0.2) is 0 Å². The lowest BCUT2D eigenvalue weighted by atomic mass is 10.2. The highest BCUT2D eigenvalue weighted by atomic mass is 32.2. The SMILES string of the molecule is CCOC(=S)SC(CC#N)CC1SCCCS1. The van der Waals surface area contributed by atoms with Crippen LogP contribution in [0, 0.1) is 11.3 Å². The van der Waals surface area contributed by atoms with Gasteiger partial charge in [-0.1, -0.05) is 11.8 Å². The van der Waals surface area contributed by atoms with Crippen molar-refractivity contribution < 1.29 is 4.74 Å². The molecule has 0 N–H and O–H groups in total. The molecule has 96 valence electrons. The quantitative estimate of drug-likeness (QED) is 0.716. The number of nitriles is 1. The maximum atomic E-state index is 8.85. The molecule has 1 aliphatic heterocycles. The summed E-state index contributed by atoms with van der Waals surface area (Å²) in [5.41, 5.74) is 0. The molecule has 0 radical (unpaired) electrons. The second-order valence-corrected chi connectivity index (χ2v) is 8.37. The molecule has 17 heavy (non-hydrogen) atoms. The molecule has 0 bridgehead atoms. The van der Waals surface area contributed by atoms with Gasteiger partial charge in [0.25, 0.3) is 0 Å². The smallest absolute Gasteiger partial charge is 0.220 e. The van der Waals surface area contributed by atoms with Gasteiger partial charge < -0.3 is 4.74 Å². The number of ether oxygens (including phenoxy) is 1. The van der Waals surface area contributed by atoms with Gasteiger partial charge in [-0.2, -0.15) is 5.26 Å². The van der Waals surface area contributed by atoms with E-state index < -0.39 is 0 Å². The number of nitrogens with zero attached hydrogens (tertiary/aromatic N) is 1. The van der Waals surface area contributed by atoms with E-state index in [0.717, 1.165) is 6.42 Å². The fourth-order valence-electron chi connectivity index (χ4n) is 1.45. The maximum Gasteiger partial charge on any atom is 0.220 e. The summed E-state index contributed by atoms with van der Waals surface area (Å²) in [6, 6.07) is 2.25. The highest BCUT2D eigenvalue weighted by Crippen LogP contribution is 2.37. The number of rotatable bonds is 5. The first-order chi connectivity index (χ1) is 8.26. The van der Waals surface area contributed by atoms with E-state index in [0.29, 0.717) is 22.0 Å². The molecular formula is C11H17NOS4. The molecule has 0 aromatic carbocycles. The fourth-order valence-corrected chi connectivity index (χ4v) is 6.15. The molecule has 0 saturated carbocycles. The molecule has 0 aliphatic carbocycles. The zero-order valence-corrected chi connectivity index (χ0v) is 13.2. The van der Waals surface area contributed by atoms with E-state index in [-0.39, 0.29) is 5.25 Å². The molecule has 0 amide bonds. The van der Waals surface area contributed by atoms with Crippen molar-refractivity contribution in [1.29, 1.82) is 5.26 Å². The van der Waals surface area contributed by atoms with E-state index in [1.807, 2.05) is 30.4 Å². The minimum atomic E-state index is 0.280. The minimum Gasteiger partial charge on any atom is -0.479 e. The molecular weight excluding hydrogens is 290 g/mol. The van der Waals surface area contributed by atoms with E-state index in [2.05, 4.69) is 6.07 Å². The van der Waals surface area contributed by atoms with E-state index in [4.69, 9.17) is 22.2 Å². The maximum absolute atomic E-state index is 8.85. The highest BCUT2D eigenvalue weighted by molar-refractivity contribution is 8.23. The predicted octanol–water partition coefficient (Wildman–Crippen LogP) is 3.91. The Labute approximate surface area is 122 Å². The van der Waals surface area contributed by atoms with E-state index in [1.54, 1.807) is 11.8 Å². The average Bonchev–Trinajstić information content (AvgIpc) is 2.31. The van der Waals surface area contributed by atoms with Crippen molar-refractivity contribution in [3.63, 3.8) is 0 Å². The summed E-state index contributed by atoms with van der Waals surface area (Å²) in [5, 5.41) is 9.13. The van der Waals surface area contributed by atoms with Crippen LogP contribution in [0.3, 0.4) is 0 Å². The summed E-state index contributed by atoms with van der Waals surface area (Å²) < 4.78 is 6.49. The molecule has 0 aromatic heterocycles. The molecule has 1 saturated heterocycles. The van der Waals surface area contributed by atoms with Crippen LogP contribution in [0.2, 0.25) is 0 Å². The third kappa shape index (κ3) is 6.80. The standard InChI is InChI=1S/C11H17NOS4/c1-2-13-11(14)17-9(4-5-12)8-10-15-6-3-7-16-10/h9-10H,2-4,6-8H2,1H3. The second kappa shape index (κ2) is 9.37. The van der Waals surface area contributed by atoms with Crippen LogP contribution in [0.15, 0.2) is 0 Å². The van der Waals surface area contributed by atoms with Gasteiger partial charge in [-0.3, -0.25) is 0 Å². The van der Waals surface area contributed by atoms with Crippen LogP contribution in [0.5, 0.6) is 0 Å².